The van der Waals surface area contributed by atoms with Crippen LogP contribution < -0.4 is 5.32 Å². The number of ether oxygens (including phenoxy) is 1. The second-order valence-electron chi connectivity index (χ2n) is 6.33. The highest BCUT2D eigenvalue weighted by molar-refractivity contribution is 7.89. The smallest absolute Gasteiger partial charge is 0.251 e. The SMILES string of the molecule is CC(NC(=O)c1ccc(S(=O)(=O)N2CCOCC2)cc1)c1cccc(O)c1. The highest BCUT2D eigenvalue weighted by atomic mass is 32.2. The summed E-state index contributed by atoms with van der Waals surface area (Å²) in [6, 6.07) is 12.2. The average Bonchev–Trinajstić information content (AvgIpc) is 2.68. The number of benzene rings is 2. The van der Waals surface area contributed by atoms with Crippen molar-refractivity contribution in [1.29, 1.82) is 0 Å². The average molecular weight is 390 g/mol. The molecule has 1 saturated heterocycles. The number of nitrogens with one attached hydrogen (secondary N) is 1. The summed E-state index contributed by atoms with van der Waals surface area (Å²) < 4.78 is 31.8. The molecule has 0 spiro atoms. The molecule has 7 nitrogen and oxygen atoms in total. The summed E-state index contributed by atoms with van der Waals surface area (Å²) in [5.74, 6) is -0.188. The van der Waals surface area contributed by atoms with Crippen molar-refractivity contribution in [3.63, 3.8) is 0 Å². The number of rotatable bonds is 5. The van der Waals surface area contributed by atoms with Crippen LogP contribution in [0, 0.1) is 0 Å². The third-order valence-corrected chi connectivity index (χ3v) is 6.36. The van der Waals surface area contributed by atoms with Gasteiger partial charge in [0.1, 0.15) is 5.75 Å². The van der Waals surface area contributed by atoms with Gasteiger partial charge in [0, 0.05) is 18.7 Å². The molecule has 0 radical (unpaired) electrons. The number of hydrogen-bond donors (Lipinski definition) is 2. The van der Waals surface area contributed by atoms with Gasteiger partial charge in [0.05, 0.1) is 24.2 Å². The third-order valence-electron chi connectivity index (χ3n) is 4.44. The van der Waals surface area contributed by atoms with Crippen LogP contribution in [0.25, 0.3) is 0 Å². The first-order chi connectivity index (χ1) is 12.9. The maximum Gasteiger partial charge on any atom is 0.251 e. The fourth-order valence-corrected chi connectivity index (χ4v) is 4.28. The summed E-state index contributed by atoms with van der Waals surface area (Å²) >= 11 is 0. The Morgan fingerprint density at radius 2 is 1.81 bits per heavy atom. The number of phenolic OH excluding ortho intramolecular Hbond substituents is 1. The monoisotopic (exact) mass is 390 g/mol. The van der Waals surface area contributed by atoms with Crippen LogP contribution in [0.3, 0.4) is 0 Å². The fourth-order valence-electron chi connectivity index (χ4n) is 2.87. The van der Waals surface area contributed by atoms with Crippen LogP contribution in [0.1, 0.15) is 28.9 Å². The number of phenols is 1. The summed E-state index contributed by atoms with van der Waals surface area (Å²) in [6.45, 7) is 3.22. The summed E-state index contributed by atoms with van der Waals surface area (Å²) in [7, 11) is -3.58. The molecule has 2 aromatic rings. The number of amides is 1. The predicted molar refractivity (Wildman–Crippen MR) is 100 cm³/mol. The first kappa shape index (κ1) is 19.3. The highest BCUT2D eigenvalue weighted by Crippen LogP contribution is 2.20. The first-order valence-corrected chi connectivity index (χ1v) is 10.1. The van der Waals surface area contributed by atoms with Crippen molar-refractivity contribution in [3.8, 4) is 5.75 Å². The largest absolute Gasteiger partial charge is 0.508 e. The van der Waals surface area contributed by atoms with E-state index in [1.807, 2.05) is 13.0 Å². The minimum atomic E-state index is -3.58. The van der Waals surface area contributed by atoms with E-state index in [-0.39, 0.29) is 22.6 Å². The lowest BCUT2D eigenvalue weighted by atomic mass is 10.1. The van der Waals surface area contributed by atoms with Gasteiger partial charge in [0.15, 0.2) is 0 Å². The topological polar surface area (TPSA) is 95.9 Å². The molecule has 1 heterocycles. The number of morpholine rings is 1. The van der Waals surface area contributed by atoms with Crippen molar-refractivity contribution in [1.82, 2.24) is 9.62 Å². The van der Waals surface area contributed by atoms with E-state index >= 15 is 0 Å². The van der Waals surface area contributed by atoms with E-state index in [9.17, 15) is 18.3 Å². The Balaban J connectivity index is 1.70. The van der Waals surface area contributed by atoms with E-state index in [2.05, 4.69) is 5.32 Å². The zero-order valence-corrected chi connectivity index (χ0v) is 15.8. The molecular weight excluding hydrogens is 368 g/mol. The first-order valence-electron chi connectivity index (χ1n) is 8.66. The maximum atomic E-state index is 12.6. The molecule has 0 bridgehead atoms. The zero-order valence-electron chi connectivity index (χ0n) is 15.0. The van der Waals surface area contributed by atoms with Gasteiger partial charge in [-0.1, -0.05) is 12.1 Å². The molecule has 144 valence electrons. The highest BCUT2D eigenvalue weighted by Gasteiger charge is 2.26. The quantitative estimate of drug-likeness (QED) is 0.813. The van der Waals surface area contributed by atoms with Crippen molar-refractivity contribution >= 4 is 15.9 Å². The van der Waals surface area contributed by atoms with Crippen molar-refractivity contribution in [2.45, 2.75) is 17.9 Å². The van der Waals surface area contributed by atoms with Crippen LogP contribution in [0.5, 0.6) is 5.75 Å². The van der Waals surface area contributed by atoms with Crippen LogP contribution in [-0.4, -0.2) is 50.0 Å². The van der Waals surface area contributed by atoms with E-state index < -0.39 is 10.0 Å². The number of aromatic hydroxyl groups is 1. The van der Waals surface area contributed by atoms with Crippen LogP contribution in [-0.2, 0) is 14.8 Å². The Morgan fingerprint density at radius 1 is 1.15 bits per heavy atom. The van der Waals surface area contributed by atoms with Crippen molar-refractivity contribution in [2.24, 2.45) is 0 Å². The minimum Gasteiger partial charge on any atom is -0.508 e. The number of sulfonamides is 1. The lowest BCUT2D eigenvalue weighted by Crippen LogP contribution is -2.40. The van der Waals surface area contributed by atoms with Crippen LogP contribution in [0.4, 0.5) is 0 Å². The molecule has 1 aliphatic rings. The van der Waals surface area contributed by atoms with Gasteiger partial charge in [-0.15, -0.1) is 0 Å². The molecule has 1 unspecified atom stereocenters. The normalized spacial score (nSPS) is 16.6. The molecule has 8 heteroatoms. The summed E-state index contributed by atoms with van der Waals surface area (Å²) in [4.78, 5) is 12.6. The summed E-state index contributed by atoms with van der Waals surface area (Å²) in [6.07, 6.45) is 0. The van der Waals surface area contributed by atoms with Gasteiger partial charge < -0.3 is 15.2 Å². The minimum absolute atomic E-state index is 0.131. The molecule has 27 heavy (non-hydrogen) atoms. The molecule has 2 aromatic carbocycles. The molecule has 0 saturated carbocycles. The molecule has 0 aliphatic carbocycles. The van der Waals surface area contributed by atoms with Gasteiger partial charge in [-0.05, 0) is 48.9 Å². The number of hydrogen-bond acceptors (Lipinski definition) is 5. The summed E-state index contributed by atoms with van der Waals surface area (Å²) in [5.41, 5.74) is 1.14. The van der Waals surface area contributed by atoms with Gasteiger partial charge in [0.2, 0.25) is 10.0 Å². The van der Waals surface area contributed by atoms with E-state index in [1.165, 1.54) is 28.6 Å². The van der Waals surface area contributed by atoms with Crippen molar-refractivity contribution in [2.75, 3.05) is 26.3 Å². The Kier molecular flexibility index (Phi) is 5.79. The third kappa shape index (κ3) is 4.47. The van der Waals surface area contributed by atoms with E-state index in [0.29, 0.717) is 31.9 Å². The molecule has 1 amide bonds. The molecule has 0 aromatic heterocycles. The lowest BCUT2D eigenvalue weighted by Gasteiger charge is -2.26. The molecule has 3 rings (SSSR count). The number of carbonyl (C=O) groups is 1. The van der Waals surface area contributed by atoms with Gasteiger partial charge in [-0.2, -0.15) is 4.31 Å². The Bertz CT molecular complexity index is 906. The second-order valence-corrected chi connectivity index (χ2v) is 8.27. The van der Waals surface area contributed by atoms with Crippen LogP contribution in [0.2, 0.25) is 0 Å². The summed E-state index contributed by atoms with van der Waals surface area (Å²) in [5, 5.41) is 12.4. The van der Waals surface area contributed by atoms with E-state index in [4.69, 9.17) is 4.74 Å². The fraction of sp³-hybridized carbons (Fsp3) is 0.316. The second kappa shape index (κ2) is 8.08. The molecular formula is C19H22N2O5S. The van der Waals surface area contributed by atoms with Gasteiger partial charge in [-0.3, -0.25) is 4.79 Å². The van der Waals surface area contributed by atoms with Crippen LogP contribution >= 0.6 is 0 Å². The molecule has 1 aliphatic heterocycles. The molecule has 1 atom stereocenters. The molecule has 1 fully saturated rings. The van der Waals surface area contributed by atoms with Crippen molar-refractivity contribution in [3.05, 3.63) is 59.7 Å². The Labute approximate surface area is 158 Å². The van der Waals surface area contributed by atoms with Gasteiger partial charge >= 0.3 is 0 Å². The number of nitrogens with zero attached hydrogens (tertiary/aromatic N) is 1. The predicted octanol–water partition coefficient (Wildman–Crippen LogP) is 1.90. The maximum absolute atomic E-state index is 12.6. The number of carbonyl (C=O) groups excluding carboxylic acids is 1. The Morgan fingerprint density at radius 3 is 2.44 bits per heavy atom. The zero-order chi connectivity index (χ0) is 19.4. The van der Waals surface area contributed by atoms with Crippen molar-refractivity contribution < 1.29 is 23.1 Å². The molecule has 2 N–H and O–H groups in total. The van der Waals surface area contributed by atoms with Gasteiger partial charge in [-0.25, -0.2) is 8.42 Å². The lowest BCUT2D eigenvalue weighted by molar-refractivity contribution is 0.0730. The van der Waals surface area contributed by atoms with E-state index in [1.54, 1.807) is 18.2 Å². The van der Waals surface area contributed by atoms with Gasteiger partial charge in [0.25, 0.3) is 5.91 Å². The Hall–Kier alpha value is -2.42. The van der Waals surface area contributed by atoms with E-state index in [0.717, 1.165) is 5.56 Å². The standard InChI is InChI=1S/C19H22N2O5S/c1-14(16-3-2-4-17(22)13-16)20-19(23)15-5-7-18(8-6-15)27(24,25)21-9-11-26-12-10-21/h2-8,13-14,22H,9-12H2,1H3,(H,20,23). The van der Waals surface area contributed by atoms with Crippen LogP contribution in [0.15, 0.2) is 53.4 Å².